The lowest BCUT2D eigenvalue weighted by Crippen LogP contribution is -2.54. The van der Waals surface area contributed by atoms with Crippen molar-refractivity contribution in [2.75, 3.05) is 13.1 Å². The number of nitrogens with zero attached hydrogens (tertiary/aromatic N) is 1. The Labute approximate surface area is 157 Å². The van der Waals surface area contributed by atoms with Gasteiger partial charge in [0.2, 0.25) is 0 Å². The molecular weight excluding hydrogens is 322 g/mol. The summed E-state index contributed by atoms with van der Waals surface area (Å²) in [6.07, 6.45) is 3.72. The maximum Gasteiger partial charge on any atom is 0.136 e. The van der Waals surface area contributed by atoms with Crippen LogP contribution < -0.4 is 0 Å². The van der Waals surface area contributed by atoms with Gasteiger partial charge in [0.15, 0.2) is 0 Å². The first-order valence-electron chi connectivity index (χ1n) is 9.80. The molecule has 0 aromatic heterocycles. The van der Waals surface area contributed by atoms with Crippen LogP contribution in [0.1, 0.15) is 51.0 Å². The molecule has 3 atom stereocenters. The van der Waals surface area contributed by atoms with Crippen LogP contribution in [0.15, 0.2) is 54.6 Å². The predicted molar refractivity (Wildman–Crippen MR) is 107 cm³/mol. The molecular formula is C23H31NO2. The lowest BCUT2D eigenvalue weighted by atomic mass is 9.79. The average molecular weight is 354 g/mol. The molecule has 0 amide bonds. The molecule has 1 aliphatic heterocycles. The SMILES string of the molecule is CC(c1ccccc1-c1ccccc1)C(C)(O)C(O)N1CCCCCC1. The summed E-state index contributed by atoms with van der Waals surface area (Å²) in [5.41, 5.74) is 2.09. The molecule has 3 unspecified atom stereocenters. The van der Waals surface area contributed by atoms with E-state index < -0.39 is 11.8 Å². The van der Waals surface area contributed by atoms with Crippen molar-refractivity contribution < 1.29 is 10.2 Å². The van der Waals surface area contributed by atoms with Crippen molar-refractivity contribution in [1.29, 1.82) is 0 Å². The summed E-state index contributed by atoms with van der Waals surface area (Å²) in [5, 5.41) is 22.3. The summed E-state index contributed by atoms with van der Waals surface area (Å²) >= 11 is 0. The second kappa shape index (κ2) is 8.34. The van der Waals surface area contributed by atoms with Crippen LogP contribution in [0.25, 0.3) is 11.1 Å². The van der Waals surface area contributed by atoms with Crippen molar-refractivity contribution in [2.24, 2.45) is 0 Å². The lowest BCUT2D eigenvalue weighted by molar-refractivity contribution is -0.149. The Morgan fingerprint density at radius 2 is 1.46 bits per heavy atom. The smallest absolute Gasteiger partial charge is 0.136 e. The standard InChI is InChI=1S/C23H31NO2/c1-18(23(2,26)22(25)24-16-10-3-4-11-17-24)20-14-8-9-15-21(20)19-12-6-5-7-13-19/h5-9,12-15,18,22,25-26H,3-4,10-11,16-17H2,1-2H3. The van der Waals surface area contributed by atoms with E-state index in [0.29, 0.717) is 0 Å². The fraction of sp³-hybridized carbons (Fsp3) is 0.478. The highest BCUT2D eigenvalue weighted by Gasteiger charge is 2.41. The molecule has 1 fully saturated rings. The molecule has 2 aromatic rings. The van der Waals surface area contributed by atoms with E-state index in [4.69, 9.17) is 0 Å². The molecule has 1 heterocycles. The molecule has 0 saturated carbocycles. The lowest BCUT2D eigenvalue weighted by Gasteiger charge is -2.41. The van der Waals surface area contributed by atoms with Crippen molar-refractivity contribution in [3.8, 4) is 11.1 Å². The van der Waals surface area contributed by atoms with Crippen LogP contribution in [0.2, 0.25) is 0 Å². The number of aliphatic hydroxyl groups excluding tert-OH is 1. The van der Waals surface area contributed by atoms with Gasteiger partial charge in [0.1, 0.15) is 11.8 Å². The summed E-state index contributed by atoms with van der Waals surface area (Å²) < 4.78 is 0. The van der Waals surface area contributed by atoms with Gasteiger partial charge in [-0.05, 0) is 36.5 Å². The zero-order valence-corrected chi connectivity index (χ0v) is 15.9. The largest absolute Gasteiger partial charge is 0.385 e. The van der Waals surface area contributed by atoms with Crippen LogP contribution in [0, 0.1) is 0 Å². The highest BCUT2D eigenvalue weighted by Crippen LogP contribution is 2.37. The minimum Gasteiger partial charge on any atom is -0.385 e. The molecule has 3 rings (SSSR count). The second-order valence-corrected chi connectivity index (χ2v) is 7.72. The molecule has 0 bridgehead atoms. The number of benzene rings is 2. The molecule has 3 nitrogen and oxygen atoms in total. The van der Waals surface area contributed by atoms with Gasteiger partial charge in [-0.25, -0.2) is 0 Å². The Morgan fingerprint density at radius 3 is 2.12 bits per heavy atom. The highest BCUT2D eigenvalue weighted by atomic mass is 16.4. The van der Waals surface area contributed by atoms with Crippen molar-refractivity contribution in [1.82, 2.24) is 4.90 Å². The quantitative estimate of drug-likeness (QED) is 0.837. The minimum absolute atomic E-state index is 0.197. The summed E-state index contributed by atoms with van der Waals surface area (Å²) in [5.74, 6) is -0.197. The molecule has 2 aromatic carbocycles. The highest BCUT2D eigenvalue weighted by molar-refractivity contribution is 5.68. The van der Waals surface area contributed by atoms with Crippen molar-refractivity contribution in [3.05, 3.63) is 60.2 Å². The molecule has 0 aliphatic carbocycles. The van der Waals surface area contributed by atoms with Crippen LogP contribution >= 0.6 is 0 Å². The average Bonchev–Trinajstić information content (AvgIpc) is 2.97. The van der Waals surface area contributed by atoms with Crippen LogP contribution in [0.3, 0.4) is 0 Å². The topological polar surface area (TPSA) is 43.7 Å². The maximum absolute atomic E-state index is 11.3. The second-order valence-electron chi connectivity index (χ2n) is 7.72. The molecule has 1 saturated heterocycles. The maximum atomic E-state index is 11.3. The van der Waals surface area contributed by atoms with E-state index in [1.54, 1.807) is 6.92 Å². The number of hydrogen-bond acceptors (Lipinski definition) is 3. The summed E-state index contributed by atoms with van der Waals surface area (Å²) in [6, 6.07) is 18.4. The molecule has 140 valence electrons. The van der Waals surface area contributed by atoms with Gasteiger partial charge in [0, 0.05) is 19.0 Å². The Hall–Kier alpha value is -1.68. The van der Waals surface area contributed by atoms with E-state index in [-0.39, 0.29) is 5.92 Å². The van der Waals surface area contributed by atoms with Gasteiger partial charge in [0.25, 0.3) is 0 Å². The zero-order valence-electron chi connectivity index (χ0n) is 15.9. The normalized spacial score (nSPS) is 20.8. The first kappa shape index (κ1) is 19.1. The van der Waals surface area contributed by atoms with E-state index in [1.807, 2.05) is 37.3 Å². The van der Waals surface area contributed by atoms with Crippen LogP contribution in [0.4, 0.5) is 0 Å². The van der Waals surface area contributed by atoms with Gasteiger partial charge in [-0.15, -0.1) is 0 Å². The summed E-state index contributed by atoms with van der Waals surface area (Å²) in [4.78, 5) is 2.05. The fourth-order valence-electron chi connectivity index (χ4n) is 4.00. The fourth-order valence-corrected chi connectivity index (χ4v) is 4.00. The van der Waals surface area contributed by atoms with Gasteiger partial charge in [0.05, 0.1) is 0 Å². The molecule has 3 heteroatoms. The first-order valence-corrected chi connectivity index (χ1v) is 9.80. The molecule has 0 radical (unpaired) electrons. The van der Waals surface area contributed by atoms with Crippen molar-refractivity contribution in [3.63, 3.8) is 0 Å². The third kappa shape index (κ3) is 4.01. The van der Waals surface area contributed by atoms with Gasteiger partial charge in [-0.3, -0.25) is 4.90 Å². The Balaban J connectivity index is 1.89. The molecule has 0 spiro atoms. The van der Waals surface area contributed by atoms with Crippen LogP contribution in [0.5, 0.6) is 0 Å². The van der Waals surface area contributed by atoms with Crippen molar-refractivity contribution >= 4 is 0 Å². The Bertz CT molecular complexity index is 690. The van der Waals surface area contributed by atoms with E-state index in [9.17, 15) is 10.2 Å². The number of likely N-dealkylation sites (tertiary alicyclic amines) is 1. The van der Waals surface area contributed by atoms with E-state index >= 15 is 0 Å². The number of rotatable bonds is 5. The van der Waals surface area contributed by atoms with Crippen LogP contribution in [-0.2, 0) is 0 Å². The van der Waals surface area contributed by atoms with E-state index in [2.05, 4.69) is 29.2 Å². The monoisotopic (exact) mass is 353 g/mol. The predicted octanol–water partition coefficient (Wildman–Crippen LogP) is 4.40. The van der Waals surface area contributed by atoms with Gasteiger partial charge < -0.3 is 10.2 Å². The van der Waals surface area contributed by atoms with Gasteiger partial charge in [-0.2, -0.15) is 0 Å². The third-order valence-electron chi connectivity index (χ3n) is 5.90. The number of aliphatic hydroxyl groups is 2. The van der Waals surface area contributed by atoms with Crippen molar-refractivity contribution in [2.45, 2.75) is 57.3 Å². The first-order chi connectivity index (χ1) is 12.5. The Morgan fingerprint density at radius 1 is 0.885 bits per heavy atom. The summed E-state index contributed by atoms with van der Waals surface area (Å²) in [6.45, 7) is 5.49. The number of hydrogen-bond donors (Lipinski definition) is 2. The zero-order chi connectivity index (χ0) is 18.6. The van der Waals surface area contributed by atoms with E-state index in [0.717, 1.165) is 42.6 Å². The summed E-state index contributed by atoms with van der Waals surface area (Å²) in [7, 11) is 0. The third-order valence-corrected chi connectivity index (χ3v) is 5.90. The molecule has 1 aliphatic rings. The van der Waals surface area contributed by atoms with Gasteiger partial charge in [-0.1, -0.05) is 74.4 Å². The van der Waals surface area contributed by atoms with E-state index in [1.165, 1.54) is 12.8 Å². The Kier molecular flexibility index (Phi) is 6.13. The molecule has 26 heavy (non-hydrogen) atoms. The van der Waals surface area contributed by atoms with Gasteiger partial charge >= 0.3 is 0 Å². The van der Waals surface area contributed by atoms with Crippen LogP contribution in [-0.4, -0.2) is 40.0 Å². The molecule has 2 N–H and O–H groups in total. The minimum atomic E-state index is -1.23.